The minimum Gasteiger partial charge on any atom is -0.383 e. The van der Waals surface area contributed by atoms with Gasteiger partial charge in [-0.3, -0.25) is 4.90 Å². The lowest BCUT2D eigenvalue weighted by Crippen LogP contribution is -2.33. The van der Waals surface area contributed by atoms with Crippen molar-refractivity contribution in [2.45, 2.75) is 45.1 Å². The van der Waals surface area contributed by atoms with Gasteiger partial charge in [-0.1, -0.05) is 0 Å². The van der Waals surface area contributed by atoms with Crippen LogP contribution in [0.25, 0.3) is 0 Å². The van der Waals surface area contributed by atoms with Gasteiger partial charge in [-0.25, -0.2) is 0 Å². The molecule has 0 saturated carbocycles. The molecule has 1 atom stereocenters. The number of ether oxygens (including phenoxy) is 1. The number of likely N-dealkylation sites (tertiary alicyclic amines) is 1. The van der Waals surface area contributed by atoms with Crippen LogP contribution in [0.5, 0.6) is 0 Å². The van der Waals surface area contributed by atoms with E-state index in [0.29, 0.717) is 11.8 Å². The Labute approximate surface area is 92.8 Å². The Bertz CT molecular complexity index is 194. The largest absolute Gasteiger partial charge is 0.383 e. The Morgan fingerprint density at radius 1 is 1.47 bits per heavy atom. The zero-order valence-electron chi connectivity index (χ0n) is 10.00. The van der Waals surface area contributed by atoms with E-state index in [1.165, 1.54) is 19.4 Å². The number of rotatable bonds is 7. The van der Waals surface area contributed by atoms with Gasteiger partial charge >= 0.3 is 0 Å². The van der Waals surface area contributed by atoms with Crippen molar-refractivity contribution in [3.63, 3.8) is 0 Å². The van der Waals surface area contributed by atoms with Crippen molar-refractivity contribution in [2.24, 2.45) is 0 Å². The lowest BCUT2D eigenvalue weighted by atomic mass is 10.2. The quantitative estimate of drug-likeness (QED) is 0.605. The van der Waals surface area contributed by atoms with Crippen LogP contribution in [-0.2, 0) is 9.53 Å². The monoisotopic (exact) mass is 213 g/mol. The van der Waals surface area contributed by atoms with E-state index < -0.39 is 0 Å². The van der Waals surface area contributed by atoms with E-state index in [4.69, 9.17) is 4.74 Å². The van der Waals surface area contributed by atoms with Crippen LogP contribution >= 0.6 is 0 Å². The SMILES string of the molecule is COC[C@@H]1CCCN1CCCCC(C)=O. The van der Waals surface area contributed by atoms with Crippen molar-refractivity contribution in [2.75, 3.05) is 26.8 Å². The van der Waals surface area contributed by atoms with Crippen LogP contribution in [0, 0.1) is 0 Å². The molecule has 0 spiro atoms. The summed E-state index contributed by atoms with van der Waals surface area (Å²) in [6.07, 6.45) is 5.47. The van der Waals surface area contributed by atoms with Crippen LogP contribution in [-0.4, -0.2) is 43.5 Å². The Balaban J connectivity index is 2.11. The summed E-state index contributed by atoms with van der Waals surface area (Å²) in [5.74, 6) is 0.310. The molecule has 0 aliphatic carbocycles. The second-order valence-electron chi connectivity index (χ2n) is 4.45. The molecule has 1 fully saturated rings. The number of nitrogens with zero attached hydrogens (tertiary/aromatic N) is 1. The van der Waals surface area contributed by atoms with Gasteiger partial charge in [-0.15, -0.1) is 0 Å². The minimum absolute atomic E-state index is 0.310. The van der Waals surface area contributed by atoms with Crippen molar-refractivity contribution in [1.82, 2.24) is 4.90 Å². The van der Waals surface area contributed by atoms with E-state index in [9.17, 15) is 4.79 Å². The van der Waals surface area contributed by atoms with Gasteiger partial charge in [0.15, 0.2) is 0 Å². The molecule has 0 bridgehead atoms. The molecule has 1 rings (SSSR count). The molecule has 0 aromatic rings. The third-order valence-electron chi connectivity index (χ3n) is 3.08. The maximum absolute atomic E-state index is 10.8. The van der Waals surface area contributed by atoms with E-state index in [0.717, 1.165) is 32.4 Å². The number of Topliss-reactive ketones (excluding diaryl/α,β-unsaturated/α-hetero) is 1. The number of carbonyl (C=O) groups excluding carboxylic acids is 1. The molecule has 1 heterocycles. The first-order chi connectivity index (χ1) is 7.24. The molecule has 0 aromatic carbocycles. The van der Waals surface area contributed by atoms with E-state index in [1.807, 2.05) is 0 Å². The van der Waals surface area contributed by atoms with Crippen LogP contribution in [0.15, 0.2) is 0 Å². The maximum Gasteiger partial charge on any atom is 0.129 e. The topological polar surface area (TPSA) is 29.5 Å². The Kier molecular flexibility index (Phi) is 5.88. The number of carbonyl (C=O) groups is 1. The van der Waals surface area contributed by atoms with E-state index in [-0.39, 0.29) is 0 Å². The minimum atomic E-state index is 0.310. The number of unbranched alkanes of at least 4 members (excludes halogenated alkanes) is 1. The van der Waals surface area contributed by atoms with E-state index in [2.05, 4.69) is 4.90 Å². The number of hydrogen-bond donors (Lipinski definition) is 0. The number of hydrogen-bond acceptors (Lipinski definition) is 3. The van der Waals surface area contributed by atoms with Gasteiger partial charge in [0.25, 0.3) is 0 Å². The predicted molar refractivity (Wildman–Crippen MR) is 61.0 cm³/mol. The molecule has 3 heteroatoms. The first kappa shape index (κ1) is 12.7. The summed E-state index contributed by atoms with van der Waals surface area (Å²) in [4.78, 5) is 13.3. The molecule has 3 nitrogen and oxygen atoms in total. The number of methoxy groups -OCH3 is 1. The molecular formula is C12H23NO2. The summed E-state index contributed by atoms with van der Waals surface area (Å²) in [6, 6.07) is 0.618. The first-order valence-corrected chi connectivity index (χ1v) is 5.96. The van der Waals surface area contributed by atoms with Crippen molar-refractivity contribution in [1.29, 1.82) is 0 Å². The maximum atomic E-state index is 10.8. The van der Waals surface area contributed by atoms with Crippen molar-refractivity contribution in [3.8, 4) is 0 Å². The second-order valence-corrected chi connectivity index (χ2v) is 4.45. The van der Waals surface area contributed by atoms with Gasteiger partial charge < -0.3 is 9.53 Å². The van der Waals surface area contributed by atoms with Crippen LogP contribution in [0.2, 0.25) is 0 Å². The summed E-state index contributed by atoms with van der Waals surface area (Å²) in [7, 11) is 1.77. The zero-order chi connectivity index (χ0) is 11.1. The normalized spacial score (nSPS) is 22.1. The van der Waals surface area contributed by atoms with Gasteiger partial charge in [0.05, 0.1) is 6.61 Å². The summed E-state index contributed by atoms with van der Waals surface area (Å²) in [5, 5.41) is 0. The van der Waals surface area contributed by atoms with E-state index in [1.54, 1.807) is 14.0 Å². The molecule has 0 N–H and O–H groups in total. The average molecular weight is 213 g/mol. The number of ketones is 1. The van der Waals surface area contributed by atoms with Gasteiger partial charge in [0.2, 0.25) is 0 Å². The van der Waals surface area contributed by atoms with Gasteiger partial charge in [-0.2, -0.15) is 0 Å². The first-order valence-electron chi connectivity index (χ1n) is 5.96. The van der Waals surface area contributed by atoms with Crippen LogP contribution < -0.4 is 0 Å². The molecule has 1 aliphatic heterocycles. The molecule has 1 aliphatic rings. The average Bonchev–Trinajstić information content (AvgIpc) is 2.61. The van der Waals surface area contributed by atoms with Gasteiger partial charge in [0, 0.05) is 19.6 Å². The third kappa shape index (κ3) is 4.76. The fourth-order valence-corrected chi connectivity index (χ4v) is 2.26. The van der Waals surface area contributed by atoms with Gasteiger partial charge in [-0.05, 0) is 45.7 Å². The summed E-state index contributed by atoms with van der Waals surface area (Å²) in [6.45, 7) is 4.85. The highest BCUT2D eigenvalue weighted by molar-refractivity contribution is 5.75. The second kappa shape index (κ2) is 6.96. The Morgan fingerprint density at radius 3 is 2.93 bits per heavy atom. The molecular weight excluding hydrogens is 190 g/mol. The summed E-state index contributed by atoms with van der Waals surface area (Å²) < 4.78 is 5.20. The van der Waals surface area contributed by atoms with Crippen molar-refractivity contribution >= 4 is 5.78 Å². The molecule has 0 unspecified atom stereocenters. The molecule has 0 radical (unpaired) electrons. The molecule has 0 amide bonds. The summed E-state index contributed by atoms with van der Waals surface area (Å²) in [5.41, 5.74) is 0. The smallest absolute Gasteiger partial charge is 0.129 e. The summed E-state index contributed by atoms with van der Waals surface area (Å²) >= 11 is 0. The van der Waals surface area contributed by atoms with Gasteiger partial charge in [0.1, 0.15) is 5.78 Å². The molecule has 88 valence electrons. The zero-order valence-corrected chi connectivity index (χ0v) is 10.00. The molecule has 0 aromatic heterocycles. The van der Waals surface area contributed by atoms with Crippen LogP contribution in [0.3, 0.4) is 0 Å². The van der Waals surface area contributed by atoms with Crippen LogP contribution in [0.4, 0.5) is 0 Å². The predicted octanol–water partition coefficient (Wildman–Crippen LogP) is 1.86. The Hall–Kier alpha value is -0.410. The standard InChI is InChI=1S/C12H23NO2/c1-11(14)6-3-4-8-13-9-5-7-12(13)10-15-2/h12H,3-10H2,1-2H3/t12-/m0/s1. The highest BCUT2D eigenvalue weighted by Crippen LogP contribution is 2.17. The lowest BCUT2D eigenvalue weighted by molar-refractivity contribution is -0.117. The van der Waals surface area contributed by atoms with E-state index >= 15 is 0 Å². The highest BCUT2D eigenvalue weighted by Gasteiger charge is 2.23. The van der Waals surface area contributed by atoms with Crippen molar-refractivity contribution < 1.29 is 9.53 Å². The highest BCUT2D eigenvalue weighted by atomic mass is 16.5. The lowest BCUT2D eigenvalue weighted by Gasteiger charge is -2.23. The van der Waals surface area contributed by atoms with Crippen molar-refractivity contribution in [3.05, 3.63) is 0 Å². The third-order valence-corrected chi connectivity index (χ3v) is 3.08. The fraction of sp³-hybridized carbons (Fsp3) is 0.917. The fourth-order valence-electron chi connectivity index (χ4n) is 2.26. The van der Waals surface area contributed by atoms with Crippen LogP contribution in [0.1, 0.15) is 39.0 Å². The molecule has 15 heavy (non-hydrogen) atoms. The molecule has 1 saturated heterocycles. The Morgan fingerprint density at radius 2 is 2.27 bits per heavy atom.